The quantitative estimate of drug-likeness (QED) is 0.728. The van der Waals surface area contributed by atoms with Crippen LogP contribution in [0.5, 0.6) is 0 Å². The van der Waals surface area contributed by atoms with Crippen molar-refractivity contribution in [2.24, 2.45) is 0 Å². The van der Waals surface area contributed by atoms with Crippen LogP contribution in [0, 0.1) is 11.3 Å². The van der Waals surface area contributed by atoms with Crippen LogP contribution in [0.4, 0.5) is 13.2 Å². The SMILES string of the molecule is N#Cc1cnn2c(=O)[nH]c(SCc3cscc3C(F)(F)F)nc12. The highest BCUT2D eigenvalue weighted by Crippen LogP contribution is 2.36. The van der Waals surface area contributed by atoms with Gasteiger partial charge in [0.25, 0.3) is 0 Å². The summed E-state index contributed by atoms with van der Waals surface area (Å²) in [6, 6.07) is 1.85. The third kappa shape index (κ3) is 2.95. The average molecular weight is 357 g/mol. The van der Waals surface area contributed by atoms with Gasteiger partial charge in [-0.25, -0.2) is 9.78 Å². The summed E-state index contributed by atoms with van der Waals surface area (Å²) in [7, 11) is 0. The smallest absolute Gasteiger partial charge is 0.285 e. The number of nitrogens with one attached hydrogen (secondary N) is 1. The number of aromatic amines is 1. The maximum atomic E-state index is 12.8. The largest absolute Gasteiger partial charge is 0.417 e. The Morgan fingerprint density at radius 3 is 2.91 bits per heavy atom. The minimum absolute atomic E-state index is 0.00647. The Labute approximate surface area is 134 Å². The molecule has 0 aliphatic carbocycles. The van der Waals surface area contributed by atoms with Crippen LogP contribution in [0.2, 0.25) is 0 Å². The zero-order valence-electron chi connectivity index (χ0n) is 11.1. The van der Waals surface area contributed by atoms with Crippen LogP contribution in [0.25, 0.3) is 5.65 Å². The first-order valence-electron chi connectivity index (χ1n) is 6.03. The third-order valence-electron chi connectivity index (χ3n) is 2.89. The van der Waals surface area contributed by atoms with Crippen LogP contribution in [0.3, 0.4) is 0 Å². The number of fused-ring (bicyclic) bond motifs is 1. The first-order valence-corrected chi connectivity index (χ1v) is 7.96. The first-order chi connectivity index (χ1) is 10.9. The predicted octanol–water partition coefficient (Wildman–Crippen LogP) is 2.66. The summed E-state index contributed by atoms with van der Waals surface area (Å²) in [5.74, 6) is -0.00647. The Morgan fingerprint density at radius 1 is 1.43 bits per heavy atom. The van der Waals surface area contributed by atoms with Crippen LogP contribution in [0.1, 0.15) is 16.7 Å². The predicted molar refractivity (Wildman–Crippen MR) is 77.2 cm³/mol. The molecular formula is C12H6F3N5OS2. The standard InChI is InChI=1S/C12H6F3N5OS2/c13-12(14,15)8-5-22-3-7(8)4-23-10-18-9-6(1-16)2-17-20(9)11(21)19-10/h2-3,5H,4H2,(H,18,19,21). The van der Waals surface area contributed by atoms with Crippen molar-refractivity contribution in [3.63, 3.8) is 0 Å². The number of hydrogen-bond acceptors (Lipinski definition) is 6. The van der Waals surface area contributed by atoms with E-state index in [-0.39, 0.29) is 27.7 Å². The second-order valence-corrected chi connectivity index (χ2v) is 6.06. The van der Waals surface area contributed by atoms with E-state index in [0.717, 1.165) is 33.0 Å². The number of H-pyrrole nitrogens is 1. The fourth-order valence-electron chi connectivity index (χ4n) is 1.84. The summed E-state index contributed by atoms with van der Waals surface area (Å²) in [5.41, 5.74) is -1.01. The fourth-order valence-corrected chi connectivity index (χ4v) is 3.65. The Morgan fingerprint density at radius 2 is 2.22 bits per heavy atom. The van der Waals surface area contributed by atoms with Crippen LogP contribution >= 0.6 is 23.1 Å². The number of rotatable bonds is 3. The number of nitriles is 1. The second kappa shape index (κ2) is 5.71. The summed E-state index contributed by atoms with van der Waals surface area (Å²) in [5, 5.41) is 15.2. The normalized spacial score (nSPS) is 11.7. The molecule has 0 radical (unpaired) electrons. The molecule has 3 rings (SSSR count). The number of thiophene rings is 1. The Hall–Kier alpha value is -2.32. The van der Waals surface area contributed by atoms with Crippen molar-refractivity contribution in [1.82, 2.24) is 19.6 Å². The van der Waals surface area contributed by atoms with Crippen LogP contribution in [-0.4, -0.2) is 19.6 Å². The number of halogens is 3. The molecule has 3 aromatic rings. The van der Waals surface area contributed by atoms with Crippen LogP contribution in [-0.2, 0) is 11.9 Å². The summed E-state index contributed by atoms with van der Waals surface area (Å²) >= 11 is 1.91. The highest BCUT2D eigenvalue weighted by atomic mass is 32.2. The van der Waals surface area contributed by atoms with Gasteiger partial charge < -0.3 is 0 Å². The average Bonchev–Trinajstić information content (AvgIpc) is 3.11. The number of thioether (sulfide) groups is 1. The summed E-state index contributed by atoms with van der Waals surface area (Å²) < 4.78 is 39.4. The molecule has 0 fully saturated rings. The Kier molecular flexibility index (Phi) is 3.87. The first kappa shape index (κ1) is 15.6. The van der Waals surface area contributed by atoms with Crippen molar-refractivity contribution in [1.29, 1.82) is 5.26 Å². The van der Waals surface area contributed by atoms with E-state index < -0.39 is 17.4 Å². The molecular weight excluding hydrogens is 351 g/mol. The molecule has 118 valence electrons. The van der Waals surface area contributed by atoms with Crippen molar-refractivity contribution < 1.29 is 13.2 Å². The van der Waals surface area contributed by atoms with Gasteiger partial charge in [-0.3, -0.25) is 4.98 Å². The number of alkyl halides is 3. The van der Waals surface area contributed by atoms with E-state index >= 15 is 0 Å². The van der Waals surface area contributed by atoms with E-state index in [1.165, 1.54) is 11.6 Å². The Balaban J connectivity index is 1.90. The molecule has 0 aliphatic rings. The van der Waals surface area contributed by atoms with Crippen molar-refractivity contribution >= 4 is 28.7 Å². The van der Waals surface area contributed by atoms with Crippen molar-refractivity contribution in [2.45, 2.75) is 17.1 Å². The lowest BCUT2D eigenvalue weighted by atomic mass is 10.2. The maximum absolute atomic E-state index is 12.8. The van der Waals surface area contributed by atoms with E-state index in [1.807, 2.05) is 6.07 Å². The van der Waals surface area contributed by atoms with Gasteiger partial charge in [0.15, 0.2) is 10.8 Å². The van der Waals surface area contributed by atoms with Crippen LogP contribution in [0.15, 0.2) is 26.9 Å². The van der Waals surface area contributed by atoms with E-state index in [2.05, 4.69) is 15.1 Å². The minimum atomic E-state index is -4.42. The van der Waals surface area contributed by atoms with E-state index in [0.29, 0.717) is 0 Å². The highest BCUT2D eigenvalue weighted by Gasteiger charge is 2.33. The molecule has 0 aromatic carbocycles. The van der Waals surface area contributed by atoms with Gasteiger partial charge in [-0.15, -0.1) is 0 Å². The molecule has 0 saturated carbocycles. The summed E-state index contributed by atoms with van der Waals surface area (Å²) in [4.78, 5) is 18.3. The molecule has 6 nitrogen and oxygen atoms in total. The van der Waals surface area contributed by atoms with Gasteiger partial charge in [0.2, 0.25) is 0 Å². The van der Waals surface area contributed by atoms with Crippen molar-refractivity contribution in [3.05, 3.63) is 44.1 Å². The lowest BCUT2D eigenvalue weighted by Crippen LogP contribution is -2.19. The van der Waals surface area contributed by atoms with Gasteiger partial charge in [-0.05, 0) is 10.9 Å². The molecule has 0 amide bonds. The highest BCUT2D eigenvalue weighted by molar-refractivity contribution is 7.98. The molecule has 0 saturated heterocycles. The molecule has 11 heteroatoms. The van der Waals surface area contributed by atoms with E-state index in [1.54, 1.807) is 0 Å². The number of hydrogen-bond donors (Lipinski definition) is 1. The topological polar surface area (TPSA) is 86.8 Å². The van der Waals surface area contributed by atoms with Crippen LogP contribution < -0.4 is 5.69 Å². The van der Waals surface area contributed by atoms with Gasteiger partial charge >= 0.3 is 11.9 Å². The molecule has 3 heterocycles. The zero-order chi connectivity index (χ0) is 16.6. The van der Waals surface area contributed by atoms with Gasteiger partial charge in [0.05, 0.1) is 11.8 Å². The van der Waals surface area contributed by atoms with Gasteiger partial charge in [0.1, 0.15) is 11.6 Å². The second-order valence-electron chi connectivity index (χ2n) is 4.35. The molecule has 0 unspecified atom stereocenters. The zero-order valence-corrected chi connectivity index (χ0v) is 12.7. The lowest BCUT2D eigenvalue weighted by Gasteiger charge is -2.07. The van der Waals surface area contributed by atoms with Gasteiger partial charge in [-0.1, -0.05) is 11.8 Å². The van der Waals surface area contributed by atoms with E-state index in [4.69, 9.17) is 5.26 Å². The Bertz CT molecular complexity index is 966. The molecule has 0 atom stereocenters. The number of nitrogens with zero attached hydrogens (tertiary/aromatic N) is 4. The van der Waals surface area contributed by atoms with Crippen molar-refractivity contribution in [2.75, 3.05) is 0 Å². The van der Waals surface area contributed by atoms with E-state index in [9.17, 15) is 18.0 Å². The molecule has 0 aliphatic heterocycles. The molecule has 0 spiro atoms. The monoisotopic (exact) mass is 357 g/mol. The van der Waals surface area contributed by atoms with Gasteiger partial charge in [0, 0.05) is 11.1 Å². The maximum Gasteiger partial charge on any atom is 0.417 e. The van der Waals surface area contributed by atoms with Crippen molar-refractivity contribution in [3.8, 4) is 6.07 Å². The summed E-state index contributed by atoms with van der Waals surface area (Å²) in [6.45, 7) is 0. The molecule has 23 heavy (non-hydrogen) atoms. The lowest BCUT2D eigenvalue weighted by molar-refractivity contribution is -0.137. The molecule has 1 N–H and O–H groups in total. The van der Waals surface area contributed by atoms with Gasteiger partial charge in [-0.2, -0.15) is 39.4 Å². The minimum Gasteiger partial charge on any atom is -0.285 e. The number of aromatic nitrogens is 4. The fraction of sp³-hybridized carbons (Fsp3) is 0.167. The molecule has 3 aromatic heterocycles. The third-order valence-corrected chi connectivity index (χ3v) is 4.60. The summed E-state index contributed by atoms with van der Waals surface area (Å²) in [6.07, 6.45) is -3.22. The molecule has 0 bridgehead atoms.